The standard InChI is InChI=1S/C12H25NO4/c1-6-16-10(14)12(5,13)9-15-7-8-17-11(2,3)4/h6-9,13H2,1-5H3. The van der Waals surface area contributed by atoms with Gasteiger partial charge in [0.1, 0.15) is 5.54 Å². The summed E-state index contributed by atoms with van der Waals surface area (Å²) in [6.07, 6.45) is 0. The first-order valence-electron chi connectivity index (χ1n) is 5.87. The third-order valence-electron chi connectivity index (χ3n) is 1.91. The molecule has 1 atom stereocenters. The van der Waals surface area contributed by atoms with Gasteiger partial charge < -0.3 is 19.9 Å². The summed E-state index contributed by atoms with van der Waals surface area (Å²) in [5, 5.41) is 0. The Labute approximate surface area is 104 Å². The minimum atomic E-state index is -1.10. The van der Waals surface area contributed by atoms with Crippen LogP contribution in [0.15, 0.2) is 0 Å². The molecule has 0 aliphatic rings. The van der Waals surface area contributed by atoms with Gasteiger partial charge in [-0.15, -0.1) is 0 Å². The predicted octanol–water partition coefficient (Wildman–Crippen LogP) is 1.10. The average molecular weight is 247 g/mol. The summed E-state index contributed by atoms with van der Waals surface area (Å²) in [6.45, 7) is 10.6. The molecule has 0 rings (SSSR count). The summed E-state index contributed by atoms with van der Waals surface area (Å²) in [4.78, 5) is 11.4. The number of carbonyl (C=O) groups excluding carboxylic acids is 1. The number of nitrogens with two attached hydrogens (primary N) is 1. The molecule has 0 spiro atoms. The molecule has 102 valence electrons. The molecule has 5 heteroatoms. The summed E-state index contributed by atoms with van der Waals surface area (Å²) < 4.78 is 15.6. The fraction of sp³-hybridized carbons (Fsp3) is 0.917. The van der Waals surface area contributed by atoms with Crippen LogP contribution >= 0.6 is 0 Å². The summed E-state index contributed by atoms with van der Waals surface area (Å²) in [7, 11) is 0. The number of esters is 1. The fourth-order valence-electron chi connectivity index (χ4n) is 1.05. The molecular weight excluding hydrogens is 222 g/mol. The second kappa shape index (κ2) is 6.93. The molecule has 0 radical (unpaired) electrons. The van der Waals surface area contributed by atoms with E-state index in [1.165, 1.54) is 0 Å². The van der Waals surface area contributed by atoms with Crippen LogP contribution in [0.3, 0.4) is 0 Å². The van der Waals surface area contributed by atoms with Crippen LogP contribution < -0.4 is 5.73 Å². The molecule has 0 aliphatic heterocycles. The Bertz CT molecular complexity index is 233. The SMILES string of the molecule is CCOC(=O)C(C)(N)COCCOC(C)(C)C. The van der Waals surface area contributed by atoms with E-state index in [0.717, 1.165) is 0 Å². The lowest BCUT2D eigenvalue weighted by atomic mass is 10.1. The number of hydrogen-bond donors (Lipinski definition) is 1. The largest absolute Gasteiger partial charge is 0.465 e. The Morgan fingerprint density at radius 1 is 1.18 bits per heavy atom. The molecule has 0 saturated carbocycles. The predicted molar refractivity (Wildman–Crippen MR) is 65.7 cm³/mol. The van der Waals surface area contributed by atoms with Crippen LogP contribution in [0.1, 0.15) is 34.6 Å². The Morgan fingerprint density at radius 3 is 2.24 bits per heavy atom. The molecule has 2 N–H and O–H groups in total. The van der Waals surface area contributed by atoms with E-state index in [4.69, 9.17) is 19.9 Å². The number of rotatable bonds is 7. The molecule has 0 aromatic heterocycles. The molecule has 5 nitrogen and oxygen atoms in total. The van der Waals surface area contributed by atoms with Crippen molar-refractivity contribution in [2.24, 2.45) is 5.73 Å². The maximum Gasteiger partial charge on any atom is 0.328 e. The Hall–Kier alpha value is -0.650. The number of carbonyl (C=O) groups is 1. The third kappa shape index (κ3) is 8.12. The van der Waals surface area contributed by atoms with Gasteiger partial charge >= 0.3 is 5.97 Å². The first-order valence-corrected chi connectivity index (χ1v) is 5.87. The van der Waals surface area contributed by atoms with E-state index < -0.39 is 11.5 Å². The van der Waals surface area contributed by atoms with E-state index in [0.29, 0.717) is 19.8 Å². The smallest absolute Gasteiger partial charge is 0.328 e. The third-order valence-corrected chi connectivity index (χ3v) is 1.91. The van der Waals surface area contributed by atoms with Crippen LogP contribution in [-0.4, -0.2) is 43.5 Å². The van der Waals surface area contributed by atoms with Gasteiger partial charge in [0.05, 0.1) is 32.0 Å². The van der Waals surface area contributed by atoms with Crippen molar-refractivity contribution < 1.29 is 19.0 Å². The summed E-state index contributed by atoms with van der Waals surface area (Å²) in [5.41, 5.74) is 4.49. The van der Waals surface area contributed by atoms with E-state index in [9.17, 15) is 4.79 Å². The van der Waals surface area contributed by atoms with Crippen LogP contribution in [0.4, 0.5) is 0 Å². The zero-order chi connectivity index (χ0) is 13.5. The molecule has 0 amide bonds. The lowest BCUT2D eigenvalue weighted by Crippen LogP contribution is -2.50. The van der Waals surface area contributed by atoms with Crippen molar-refractivity contribution in [2.75, 3.05) is 26.4 Å². The Morgan fingerprint density at radius 2 is 1.76 bits per heavy atom. The van der Waals surface area contributed by atoms with Gasteiger partial charge in [-0.25, -0.2) is 4.79 Å². The average Bonchev–Trinajstić information content (AvgIpc) is 2.15. The van der Waals surface area contributed by atoms with Gasteiger partial charge in [0, 0.05) is 0 Å². The minimum Gasteiger partial charge on any atom is -0.465 e. The quantitative estimate of drug-likeness (QED) is 0.539. The van der Waals surface area contributed by atoms with Crippen LogP contribution in [0.25, 0.3) is 0 Å². The van der Waals surface area contributed by atoms with Crippen molar-refractivity contribution in [3.8, 4) is 0 Å². The molecule has 0 aromatic rings. The van der Waals surface area contributed by atoms with Gasteiger partial charge in [0.15, 0.2) is 0 Å². The normalized spacial score (nSPS) is 15.4. The lowest BCUT2D eigenvalue weighted by molar-refractivity contribution is -0.151. The maximum atomic E-state index is 11.4. The minimum absolute atomic E-state index is 0.124. The summed E-state index contributed by atoms with van der Waals surface area (Å²) in [5.74, 6) is -0.447. The van der Waals surface area contributed by atoms with Crippen LogP contribution in [0.5, 0.6) is 0 Å². The zero-order valence-corrected chi connectivity index (χ0v) is 11.5. The zero-order valence-electron chi connectivity index (χ0n) is 11.5. The van der Waals surface area contributed by atoms with Crippen LogP contribution in [0.2, 0.25) is 0 Å². The highest BCUT2D eigenvalue weighted by atomic mass is 16.5. The maximum absolute atomic E-state index is 11.4. The highest BCUT2D eigenvalue weighted by Crippen LogP contribution is 2.07. The summed E-state index contributed by atoms with van der Waals surface area (Å²) in [6, 6.07) is 0. The highest BCUT2D eigenvalue weighted by Gasteiger charge is 2.30. The highest BCUT2D eigenvalue weighted by molar-refractivity contribution is 5.80. The van der Waals surface area contributed by atoms with Gasteiger partial charge in [-0.05, 0) is 34.6 Å². The monoisotopic (exact) mass is 247 g/mol. The molecule has 0 aromatic carbocycles. The van der Waals surface area contributed by atoms with Crippen molar-refractivity contribution in [2.45, 2.75) is 45.8 Å². The number of ether oxygens (including phenoxy) is 3. The van der Waals surface area contributed by atoms with Crippen LogP contribution in [0, 0.1) is 0 Å². The molecule has 0 fully saturated rings. The summed E-state index contributed by atoms with van der Waals surface area (Å²) >= 11 is 0. The molecule has 0 saturated heterocycles. The number of hydrogen-bond acceptors (Lipinski definition) is 5. The molecule has 0 aliphatic carbocycles. The Kier molecular flexibility index (Phi) is 6.67. The molecule has 1 unspecified atom stereocenters. The second-order valence-corrected chi connectivity index (χ2v) is 5.15. The topological polar surface area (TPSA) is 70.8 Å². The van der Waals surface area contributed by atoms with Crippen molar-refractivity contribution in [1.29, 1.82) is 0 Å². The molecule has 0 heterocycles. The molecular formula is C12H25NO4. The van der Waals surface area contributed by atoms with E-state index in [1.807, 2.05) is 20.8 Å². The lowest BCUT2D eigenvalue weighted by Gasteiger charge is -2.23. The molecule has 0 bridgehead atoms. The van der Waals surface area contributed by atoms with E-state index >= 15 is 0 Å². The fourth-order valence-corrected chi connectivity index (χ4v) is 1.05. The molecule has 17 heavy (non-hydrogen) atoms. The first-order chi connectivity index (χ1) is 7.69. The van der Waals surface area contributed by atoms with Crippen molar-refractivity contribution in [3.63, 3.8) is 0 Å². The van der Waals surface area contributed by atoms with E-state index in [-0.39, 0.29) is 12.2 Å². The Balaban J connectivity index is 3.76. The van der Waals surface area contributed by atoms with Crippen molar-refractivity contribution in [1.82, 2.24) is 0 Å². The van der Waals surface area contributed by atoms with Gasteiger partial charge in [-0.3, -0.25) is 0 Å². The van der Waals surface area contributed by atoms with Crippen molar-refractivity contribution >= 4 is 5.97 Å². The van der Waals surface area contributed by atoms with E-state index in [2.05, 4.69) is 0 Å². The van der Waals surface area contributed by atoms with Crippen molar-refractivity contribution in [3.05, 3.63) is 0 Å². The first kappa shape index (κ1) is 16.4. The van der Waals surface area contributed by atoms with Gasteiger partial charge in [-0.2, -0.15) is 0 Å². The van der Waals surface area contributed by atoms with Crippen LogP contribution in [-0.2, 0) is 19.0 Å². The van der Waals surface area contributed by atoms with Gasteiger partial charge in [0.2, 0.25) is 0 Å². The van der Waals surface area contributed by atoms with Gasteiger partial charge in [-0.1, -0.05) is 0 Å². The van der Waals surface area contributed by atoms with E-state index in [1.54, 1.807) is 13.8 Å². The van der Waals surface area contributed by atoms with Gasteiger partial charge in [0.25, 0.3) is 0 Å². The second-order valence-electron chi connectivity index (χ2n) is 5.15.